The average Bonchev–Trinajstić information content (AvgIpc) is 2.81. The number of ether oxygens (including phenoxy) is 1. The molecule has 0 spiro atoms. The van der Waals surface area contributed by atoms with Gasteiger partial charge in [0, 0.05) is 12.4 Å². The van der Waals surface area contributed by atoms with Crippen LogP contribution >= 0.6 is 11.3 Å². The zero-order chi connectivity index (χ0) is 14.8. The number of carbonyl (C=O) groups is 1. The molecule has 0 amide bonds. The van der Waals surface area contributed by atoms with Gasteiger partial charge < -0.3 is 4.74 Å². The number of hydrogen-bond donors (Lipinski definition) is 1. The van der Waals surface area contributed by atoms with Gasteiger partial charge in [-0.2, -0.15) is 0 Å². The lowest BCUT2D eigenvalue weighted by molar-refractivity contribution is 0.0602. The largest absolute Gasteiger partial charge is 0.465 e. The zero-order valence-electron chi connectivity index (χ0n) is 10.8. The van der Waals surface area contributed by atoms with Crippen LogP contribution in [0.2, 0.25) is 0 Å². The molecule has 0 radical (unpaired) electrons. The third-order valence-corrected chi connectivity index (χ3v) is 5.27. The number of methoxy groups -OCH3 is 1. The van der Waals surface area contributed by atoms with E-state index in [2.05, 4.69) is 14.4 Å². The number of nitrogens with zero attached hydrogens (tertiary/aromatic N) is 1. The lowest BCUT2D eigenvalue weighted by Crippen LogP contribution is -2.16. The van der Waals surface area contributed by atoms with Gasteiger partial charge in [0.15, 0.2) is 0 Å². The summed E-state index contributed by atoms with van der Waals surface area (Å²) in [6.07, 6.45) is 2.94. The SMILES string of the molecule is COC(=O)c1scc(C)c1S(=O)(=O)Nc1ccncc1. The van der Waals surface area contributed by atoms with E-state index >= 15 is 0 Å². The summed E-state index contributed by atoms with van der Waals surface area (Å²) in [6.45, 7) is 1.63. The fourth-order valence-corrected chi connectivity index (χ4v) is 4.39. The van der Waals surface area contributed by atoms with Gasteiger partial charge in [-0.3, -0.25) is 9.71 Å². The van der Waals surface area contributed by atoms with Crippen LogP contribution in [0.4, 0.5) is 5.69 Å². The minimum Gasteiger partial charge on any atom is -0.465 e. The molecule has 1 N–H and O–H groups in total. The van der Waals surface area contributed by atoms with E-state index in [0.29, 0.717) is 11.3 Å². The molecule has 0 saturated heterocycles. The van der Waals surface area contributed by atoms with Crippen molar-refractivity contribution in [1.29, 1.82) is 0 Å². The minimum absolute atomic E-state index is 0.0498. The predicted molar refractivity (Wildman–Crippen MR) is 75.4 cm³/mol. The molecule has 2 aromatic heterocycles. The molecule has 2 heterocycles. The highest BCUT2D eigenvalue weighted by Gasteiger charge is 2.27. The maximum atomic E-state index is 12.4. The number of esters is 1. The van der Waals surface area contributed by atoms with Gasteiger partial charge in [0.05, 0.1) is 12.8 Å². The number of rotatable bonds is 4. The highest BCUT2D eigenvalue weighted by Crippen LogP contribution is 2.29. The molecule has 20 heavy (non-hydrogen) atoms. The van der Waals surface area contributed by atoms with Gasteiger partial charge in [0.1, 0.15) is 9.77 Å². The Balaban J connectivity index is 2.45. The zero-order valence-corrected chi connectivity index (χ0v) is 12.4. The van der Waals surface area contributed by atoms with Crippen LogP contribution in [-0.4, -0.2) is 26.5 Å². The summed E-state index contributed by atoms with van der Waals surface area (Å²) in [5.74, 6) is -0.668. The van der Waals surface area contributed by atoms with Crippen molar-refractivity contribution >= 4 is 33.0 Å². The summed E-state index contributed by atoms with van der Waals surface area (Å²) in [7, 11) is -2.64. The quantitative estimate of drug-likeness (QED) is 0.873. The summed E-state index contributed by atoms with van der Waals surface area (Å²) in [5.41, 5.74) is 0.873. The molecule has 0 bridgehead atoms. The number of carbonyl (C=O) groups excluding carboxylic acids is 1. The number of nitrogens with one attached hydrogen (secondary N) is 1. The van der Waals surface area contributed by atoms with Crippen LogP contribution in [0.15, 0.2) is 34.8 Å². The van der Waals surface area contributed by atoms with E-state index in [1.165, 1.54) is 31.6 Å². The molecule has 0 unspecified atom stereocenters. The molecule has 0 atom stereocenters. The van der Waals surface area contributed by atoms with Gasteiger partial charge in [0.2, 0.25) is 0 Å². The van der Waals surface area contributed by atoms with Crippen molar-refractivity contribution in [3.8, 4) is 0 Å². The second kappa shape index (κ2) is 5.59. The predicted octanol–water partition coefficient (Wildman–Crippen LogP) is 2.04. The van der Waals surface area contributed by atoms with E-state index < -0.39 is 16.0 Å². The lowest BCUT2D eigenvalue weighted by atomic mass is 10.3. The number of hydrogen-bond acceptors (Lipinski definition) is 6. The van der Waals surface area contributed by atoms with Gasteiger partial charge in [-0.05, 0) is 30.0 Å². The van der Waals surface area contributed by atoms with Crippen LogP contribution in [0.5, 0.6) is 0 Å². The van der Waals surface area contributed by atoms with Crippen molar-refractivity contribution in [1.82, 2.24) is 4.98 Å². The molecule has 106 valence electrons. The number of thiophene rings is 1. The average molecular weight is 312 g/mol. The van der Waals surface area contributed by atoms with Gasteiger partial charge in [0.25, 0.3) is 10.0 Å². The Hall–Kier alpha value is -1.93. The normalized spacial score (nSPS) is 11.1. The van der Waals surface area contributed by atoms with Crippen molar-refractivity contribution in [2.45, 2.75) is 11.8 Å². The first-order valence-corrected chi connectivity index (χ1v) is 7.91. The number of aryl methyl sites for hydroxylation is 1. The standard InChI is InChI=1S/C12H12N2O4S2/c1-8-7-19-10(12(15)18-2)11(8)20(16,17)14-9-3-5-13-6-4-9/h3-7H,1-2H3,(H,13,14). The number of sulfonamides is 1. The molecule has 8 heteroatoms. The van der Waals surface area contributed by atoms with Crippen molar-refractivity contribution < 1.29 is 17.9 Å². The van der Waals surface area contributed by atoms with Crippen LogP contribution in [0.25, 0.3) is 0 Å². The molecule has 0 aromatic carbocycles. The molecule has 6 nitrogen and oxygen atoms in total. The highest BCUT2D eigenvalue weighted by atomic mass is 32.2. The molecule has 0 aliphatic carbocycles. The third-order valence-electron chi connectivity index (χ3n) is 2.49. The highest BCUT2D eigenvalue weighted by molar-refractivity contribution is 7.93. The minimum atomic E-state index is -3.85. The van der Waals surface area contributed by atoms with E-state index in [4.69, 9.17) is 0 Å². The Morgan fingerprint density at radius 3 is 2.60 bits per heavy atom. The van der Waals surface area contributed by atoms with Gasteiger partial charge in [-0.25, -0.2) is 13.2 Å². The van der Waals surface area contributed by atoms with Crippen molar-refractivity contribution in [2.75, 3.05) is 11.8 Å². The molecule has 0 saturated carbocycles. The fraction of sp³-hybridized carbons (Fsp3) is 0.167. The summed E-state index contributed by atoms with van der Waals surface area (Å²) < 4.78 is 31.8. The smallest absolute Gasteiger partial charge is 0.349 e. The Morgan fingerprint density at radius 1 is 1.35 bits per heavy atom. The summed E-state index contributed by atoms with van der Waals surface area (Å²) >= 11 is 1.04. The monoisotopic (exact) mass is 312 g/mol. The van der Waals surface area contributed by atoms with Crippen LogP contribution < -0.4 is 4.72 Å². The van der Waals surface area contributed by atoms with E-state index in [1.807, 2.05) is 0 Å². The molecule has 0 fully saturated rings. The summed E-state index contributed by atoms with van der Waals surface area (Å²) in [6, 6.07) is 3.05. The Bertz CT molecular complexity index is 723. The number of aromatic nitrogens is 1. The molecular weight excluding hydrogens is 300 g/mol. The summed E-state index contributed by atoms with van der Waals surface area (Å²) in [4.78, 5) is 15.5. The Kier molecular flexibility index (Phi) is 4.05. The first-order valence-electron chi connectivity index (χ1n) is 5.55. The third kappa shape index (κ3) is 2.81. The van der Waals surface area contributed by atoms with E-state index in [-0.39, 0.29) is 9.77 Å². The Morgan fingerprint density at radius 2 is 2.00 bits per heavy atom. The molecule has 2 aromatic rings. The van der Waals surface area contributed by atoms with E-state index in [1.54, 1.807) is 12.3 Å². The fourth-order valence-electron chi connectivity index (χ4n) is 1.63. The first-order chi connectivity index (χ1) is 9.45. The topological polar surface area (TPSA) is 85.4 Å². The number of pyridine rings is 1. The molecule has 0 aliphatic rings. The van der Waals surface area contributed by atoms with E-state index in [0.717, 1.165) is 11.3 Å². The van der Waals surface area contributed by atoms with Crippen molar-refractivity contribution in [2.24, 2.45) is 0 Å². The molecule has 2 rings (SSSR count). The van der Waals surface area contributed by atoms with Gasteiger partial charge >= 0.3 is 5.97 Å². The van der Waals surface area contributed by atoms with Crippen LogP contribution in [0.3, 0.4) is 0 Å². The second-order valence-corrected chi connectivity index (χ2v) is 6.41. The van der Waals surface area contributed by atoms with Crippen LogP contribution in [0.1, 0.15) is 15.2 Å². The molecular formula is C12H12N2O4S2. The van der Waals surface area contributed by atoms with Gasteiger partial charge in [-0.1, -0.05) is 0 Å². The van der Waals surface area contributed by atoms with Crippen LogP contribution in [-0.2, 0) is 14.8 Å². The van der Waals surface area contributed by atoms with Gasteiger partial charge in [-0.15, -0.1) is 11.3 Å². The second-order valence-electron chi connectivity index (χ2n) is 3.91. The van der Waals surface area contributed by atoms with Crippen molar-refractivity contribution in [3.63, 3.8) is 0 Å². The summed E-state index contributed by atoms with van der Waals surface area (Å²) in [5, 5.41) is 1.60. The maximum Gasteiger partial charge on any atom is 0.349 e. The Labute approximate surface area is 120 Å². The maximum absolute atomic E-state index is 12.4. The number of anilines is 1. The lowest BCUT2D eigenvalue weighted by Gasteiger charge is -2.09. The van der Waals surface area contributed by atoms with Crippen LogP contribution in [0, 0.1) is 6.92 Å². The first kappa shape index (κ1) is 14.5. The molecule has 0 aliphatic heterocycles. The van der Waals surface area contributed by atoms with E-state index in [9.17, 15) is 13.2 Å². The van der Waals surface area contributed by atoms with Crippen molar-refractivity contribution in [3.05, 3.63) is 40.3 Å².